The Kier molecular flexibility index (Phi) is 1.67. The first-order valence-electron chi connectivity index (χ1n) is 4.34. The molecule has 1 aliphatic rings. The molecule has 1 fully saturated rings. The predicted molar refractivity (Wildman–Crippen MR) is 49.2 cm³/mol. The number of aryl methyl sites for hydroxylation is 1. The van der Waals surface area contributed by atoms with Crippen molar-refractivity contribution in [2.75, 3.05) is 23.7 Å². The van der Waals surface area contributed by atoms with E-state index in [2.05, 4.69) is 14.9 Å². The molecule has 2 rings (SSSR count). The summed E-state index contributed by atoms with van der Waals surface area (Å²) in [6.07, 6.45) is 2.51. The van der Waals surface area contributed by atoms with Crippen molar-refractivity contribution in [3.05, 3.63) is 5.82 Å². The van der Waals surface area contributed by atoms with Crippen LogP contribution in [0.3, 0.4) is 0 Å². The Hall–Kier alpha value is -1.19. The maximum absolute atomic E-state index is 5.76. The van der Waals surface area contributed by atoms with Gasteiger partial charge in [-0.25, -0.2) is 4.98 Å². The van der Waals surface area contributed by atoms with Crippen molar-refractivity contribution in [3.63, 3.8) is 0 Å². The number of hydrogen-bond acceptors (Lipinski definition) is 3. The van der Waals surface area contributed by atoms with E-state index >= 15 is 0 Å². The average Bonchev–Trinajstić information content (AvgIpc) is 2.58. The summed E-state index contributed by atoms with van der Waals surface area (Å²) in [5.41, 5.74) is 5.76. The van der Waals surface area contributed by atoms with E-state index in [1.807, 2.05) is 6.92 Å². The van der Waals surface area contributed by atoms with E-state index in [1.54, 1.807) is 0 Å². The maximum Gasteiger partial charge on any atom is 0.171 e. The Bertz CT molecular complexity index is 273. The normalized spacial score (nSPS) is 17.2. The molecule has 0 aromatic carbocycles. The number of hydrogen-bond donors (Lipinski definition) is 2. The molecular formula is C8H14N4. The fraction of sp³-hybridized carbons (Fsp3) is 0.625. The Balaban J connectivity index is 2.25. The summed E-state index contributed by atoms with van der Waals surface area (Å²) in [4.78, 5) is 9.58. The highest BCUT2D eigenvalue weighted by molar-refractivity contribution is 5.59. The topological polar surface area (TPSA) is 57.9 Å². The molecule has 4 heteroatoms. The first kappa shape index (κ1) is 7.46. The van der Waals surface area contributed by atoms with Gasteiger partial charge >= 0.3 is 0 Å². The number of rotatable bonds is 1. The van der Waals surface area contributed by atoms with Crippen LogP contribution in [0.15, 0.2) is 0 Å². The third-order valence-corrected chi connectivity index (χ3v) is 2.24. The third-order valence-electron chi connectivity index (χ3n) is 2.24. The van der Waals surface area contributed by atoms with Gasteiger partial charge < -0.3 is 15.6 Å². The fourth-order valence-corrected chi connectivity index (χ4v) is 1.67. The van der Waals surface area contributed by atoms with Crippen LogP contribution in [0.25, 0.3) is 0 Å². The quantitative estimate of drug-likeness (QED) is 0.651. The molecule has 0 aliphatic carbocycles. The van der Waals surface area contributed by atoms with Gasteiger partial charge in [0.15, 0.2) is 5.82 Å². The van der Waals surface area contributed by atoms with Gasteiger partial charge in [0.25, 0.3) is 0 Å². The van der Waals surface area contributed by atoms with E-state index in [4.69, 9.17) is 5.73 Å². The van der Waals surface area contributed by atoms with Crippen LogP contribution in [0.1, 0.15) is 18.7 Å². The van der Waals surface area contributed by atoms with Gasteiger partial charge in [-0.3, -0.25) is 0 Å². The molecule has 1 saturated heterocycles. The molecule has 0 bridgehead atoms. The number of H-pyrrole nitrogens is 1. The fourth-order valence-electron chi connectivity index (χ4n) is 1.67. The molecule has 2 heterocycles. The highest BCUT2D eigenvalue weighted by Gasteiger charge is 2.17. The average molecular weight is 166 g/mol. The molecule has 0 saturated carbocycles. The van der Waals surface area contributed by atoms with E-state index in [0.717, 1.165) is 24.7 Å². The van der Waals surface area contributed by atoms with Gasteiger partial charge in [-0.15, -0.1) is 0 Å². The summed E-state index contributed by atoms with van der Waals surface area (Å²) >= 11 is 0. The van der Waals surface area contributed by atoms with Gasteiger partial charge in [0.1, 0.15) is 11.6 Å². The monoisotopic (exact) mass is 166 g/mol. The number of nitrogens with one attached hydrogen (secondary N) is 1. The molecule has 12 heavy (non-hydrogen) atoms. The van der Waals surface area contributed by atoms with Crippen LogP contribution in [-0.2, 0) is 0 Å². The van der Waals surface area contributed by atoms with Gasteiger partial charge in [0.2, 0.25) is 0 Å². The van der Waals surface area contributed by atoms with E-state index in [1.165, 1.54) is 12.8 Å². The second-order valence-electron chi connectivity index (χ2n) is 3.25. The lowest BCUT2D eigenvalue weighted by molar-refractivity contribution is 0.943. The second kappa shape index (κ2) is 2.69. The van der Waals surface area contributed by atoms with Crippen LogP contribution >= 0.6 is 0 Å². The second-order valence-corrected chi connectivity index (χ2v) is 3.25. The van der Waals surface area contributed by atoms with Crippen molar-refractivity contribution in [2.24, 2.45) is 0 Å². The SMILES string of the molecule is Cc1nc(N2CCCC2)c(N)[nH]1. The van der Waals surface area contributed by atoms with Crippen LogP contribution in [0.4, 0.5) is 11.6 Å². The molecule has 0 unspecified atom stereocenters. The van der Waals surface area contributed by atoms with E-state index in [9.17, 15) is 0 Å². The zero-order valence-corrected chi connectivity index (χ0v) is 7.30. The summed E-state index contributed by atoms with van der Waals surface area (Å²) in [5, 5.41) is 0. The largest absolute Gasteiger partial charge is 0.382 e. The molecule has 66 valence electrons. The highest BCUT2D eigenvalue weighted by atomic mass is 15.2. The van der Waals surface area contributed by atoms with Crippen LogP contribution < -0.4 is 10.6 Å². The lowest BCUT2D eigenvalue weighted by Gasteiger charge is -2.13. The molecule has 0 radical (unpaired) electrons. The van der Waals surface area contributed by atoms with Gasteiger partial charge in [0.05, 0.1) is 0 Å². The summed E-state index contributed by atoms with van der Waals surface area (Å²) in [7, 11) is 0. The van der Waals surface area contributed by atoms with Crippen molar-refractivity contribution in [1.82, 2.24) is 9.97 Å². The molecule has 1 aromatic rings. The van der Waals surface area contributed by atoms with Crippen molar-refractivity contribution in [1.29, 1.82) is 0 Å². The number of nitrogens with two attached hydrogens (primary N) is 1. The number of aromatic amines is 1. The molecule has 3 N–H and O–H groups in total. The van der Waals surface area contributed by atoms with E-state index in [-0.39, 0.29) is 0 Å². The zero-order valence-electron chi connectivity index (χ0n) is 7.30. The Morgan fingerprint density at radius 2 is 2.08 bits per heavy atom. The molecule has 0 amide bonds. The summed E-state index contributed by atoms with van der Waals surface area (Å²) < 4.78 is 0. The number of aromatic nitrogens is 2. The lowest BCUT2D eigenvalue weighted by Crippen LogP contribution is -2.19. The molecule has 1 aliphatic heterocycles. The molecular weight excluding hydrogens is 152 g/mol. The smallest absolute Gasteiger partial charge is 0.171 e. The summed E-state index contributed by atoms with van der Waals surface area (Å²) in [6.45, 7) is 4.11. The number of anilines is 2. The third kappa shape index (κ3) is 1.13. The van der Waals surface area contributed by atoms with Gasteiger partial charge in [0, 0.05) is 13.1 Å². The minimum atomic E-state index is 0.703. The molecule has 0 spiro atoms. The van der Waals surface area contributed by atoms with Gasteiger partial charge in [-0.2, -0.15) is 0 Å². The Morgan fingerprint density at radius 3 is 2.58 bits per heavy atom. The lowest BCUT2D eigenvalue weighted by atomic mass is 10.4. The van der Waals surface area contributed by atoms with Crippen molar-refractivity contribution in [2.45, 2.75) is 19.8 Å². The van der Waals surface area contributed by atoms with E-state index in [0.29, 0.717) is 5.82 Å². The van der Waals surface area contributed by atoms with E-state index < -0.39 is 0 Å². The first-order chi connectivity index (χ1) is 5.77. The van der Waals surface area contributed by atoms with Gasteiger partial charge in [-0.1, -0.05) is 0 Å². The molecule has 4 nitrogen and oxygen atoms in total. The van der Waals surface area contributed by atoms with Crippen molar-refractivity contribution in [3.8, 4) is 0 Å². The first-order valence-corrected chi connectivity index (χ1v) is 4.34. The van der Waals surface area contributed by atoms with Crippen LogP contribution in [0.2, 0.25) is 0 Å². The number of nitrogen functional groups attached to an aromatic ring is 1. The van der Waals surface area contributed by atoms with Crippen molar-refractivity contribution < 1.29 is 0 Å². The predicted octanol–water partition coefficient (Wildman–Crippen LogP) is 0.901. The highest BCUT2D eigenvalue weighted by Crippen LogP contribution is 2.23. The number of imidazole rings is 1. The van der Waals surface area contributed by atoms with Crippen LogP contribution in [0, 0.1) is 6.92 Å². The summed E-state index contributed by atoms with van der Waals surface area (Å²) in [5.74, 6) is 2.54. The minimum absolute atomic E-state index is 0.703. The standard InChI is InChI=1S/C8H14N4/c1-6-10-7(9)8(11-6)12-4-2-3-5-12/h2-5,9H2,1H3,(H,10,11). The Labute approximate surface area is 71.8 Å². The maximum atomic E-state index is 5.76. The summed E-state index contributed by atoms with van der Waals surface area (Å²) in [6, 6.07) is 0. The molecule has 1 aromatic heterocycles. The minimum Gasteiger partial charge on any atom is -0.382 e. The van der Waals surface area contributed by atoms with Crippen LogP contribution in [0.5, 0.6) is 0 Å². The van der Waals surface area contributed by atoms with Crippen molar-refractivity contribution >= 4 is 11.6 Å². The Morgan fingerprint density at radius 1 is 1.42 bits per heavy atom. The number of nitrogens with zero attached hydrogens (tertiary/aromatic N) is 2. The van der Waals surface area contributed by atoms with Crippen LogP contribution in [-0.4, -0.2) is 23.1 Å². The molecule has 0 atom stereocenters. The zero-order chi connectivity index (χ0) is 8.55. The van der Waals surface area contributed by atoms with Gasteiger partial charge in [-0.05, 0) is 19.8 Å².